The van der Waals surface area contributed by atoms with Crippen LogP contribution in [-0.4, -0.2) is 67.7 Å². The number of fused-ring (bicyclic) bond motifs is 1. The van der Waals surface area contributed by atoms with Crippen LogP contribution in [0, 0.1) is 22.7 Å². The number of carboxylic acid groups (broad SMARTS) is 1. The third-order valence-corrected chi connectivity index (χ3v) is 5.88. The fourth-order valence-electron chi connectivity index (χ4n) is 3.89. The van der Waals surface area contributed by atoms with Crippen LogP contribution in [0.5, 0.6) is 0 Å². The molecule has 14 heteroatoms. The van der Waals surface area contributed by atoms with E-state index in [0.717, 1.165) is 0 Å². The van der Waals surface area contributed by atoms with E-state index in [1.807, 2.05) is 13.0 Å². The number of aliphatic hydroxyl groups excluding tert-OH is 1. The van der Waals surface area contributed by atoms with Crippen molar-refractivity contribution in [3.8, 4) is 12.1 Å². The van der Waals surface area contributed by atoms with Gasteiger partial charge in [-0.2, -0.15) is 20.0 Å². The molecular formula is C21H21ClN10O3. The van der Waals surface area contributed by atoms with Crippen LogP contribution in [0.2, 0.25) is 5.02 Å². The van der Waals surface area contributed by atoms with Crippen molar-refractivity contribution in [3.05, 3.63) is 34.6 Å². The highest BCUT2D eigenvalue weighted by Crippen LogP contribution is 2.37. The number of hydrogen-bond acceptors (Lipinski definition) is 10. The lowest BCUT2D eigenvalue weighted by molar-refractivity contribution is 0.108. The number of aliphatic hydroxyl groups is 1. The van der Waals surface area contributed by atoms with Crippen molar-refractivity contribution < 1.29 is 15.0 Å². The van der Waals surface area contributed by atoms with Gasteiger partial charge in [0, 0.05) is 19.6 Å². The van der Waals surface area contributed by atoms with Crippen LogP contribution in [0.25, 0.3) is 5.65 Å². The Morgan fingerprint density at radius 3 is 2.80 bits per heavy atom. The van der Waals surface area contributed by atoms with E-state index in [-0.39, 0.29) is 23.2 Å². The number of amides is 1. The van der Waals surface area contributed by atoms with Gasteiger partial charge in [-0.25, -0.2) is 9.78 Å². The van der Waals surface area contributed by atoms with Crippen molar-refractivity contribution in [1.29, 1.82) is 10.5 Å². The Labute approximate surface area is 204 Å². The van der Waals surface area contributed by atoms with E-state index in [1.165, 1.54) is 10.7 Å². The summed E-state index contributed by atoms with van der Waals surface area (Å²) in [6.07, 6.45) is -0.418. The van der Waals surface area contributed by atoms with Crippen LogP contribution < -0.4 is 20.9 Å². The zero-order valence-electron chi connectivity index (χ0n) is 18.5. The van der Waals surface area contributed by atoms with Crippen molar-refractivity contribution in [2.24, 2.45) is 0 Å². The summed E-state index contributed by atoms with van der Waals surface area (Å²) in [5.41, 5.74) is 1.75. The lowest BCUT2D eigenvalue weighted by Gasteiger charge is -2.37. The molecule has 2 aromatic heterocycles. The largest absolute Gasteiger partial charge is 0.465 e. The van der Waals surface area contributed by atoms with Gasteiger partial charge >= 0.3 is 6.09 Å². The first-order valence-corrected chi connectivity index (χ1v) is 11.0. The van der Waals surface area contributed by atoms with Crippen molar-refractivity contribution >= 4 is 46.5 Å². The number of anilines is 4. The Morgan fingerprint density at radius 1 is 1.34 bits per heavy atom. The molecule has 0 unspecified atom stereocenters. The first-order valence-electron chi connectivity index (χ1n) is 10.7. The van der Waals surface area contributed by atoms with E-state index in [1.54, 1.807) is 17.0 Å². The molecule has 0 aliphatic carbocycles. The maximum absolute atomic E-state index is 10.9. The molecule has 3 aromatic rings. The smallest absolute Gasteiger partial charge is 0.404 e. The number of halogens is 1. The topological polar surface area (TPSA) is 188 Å². The summed E-state index contributed by atoms with van der Waals surface area (Å²) in [5.74, 6) is 0.533. The third-order valence-electron chi connectivity index (χ3n) is 5.48. The second kappa shape index (κ2) is 9.89. The number of piperidine rings is 1. The maximum Gasteiger partial charge on any atom is 0.404 e. The summed E-state index contributed by atoms with van der Waals surface area (Å²) in [5, 5.41) is 51.4. The summed E-state index contributed by atoms with van der Waals surface area (Å²) < 4.78 is 1.35. The molecule has 3 heterocycles. The fourth-order valence-corrected chi connectivity index (χ4v) is 4.17. The van der Waals surface area contributed by atoms with Crippen LogP contribution in [0.4, 0.5) is 27.9 Å². The number of carbonyl (C=O) groups is 1. The van der Waals surface area contributed by atoms with Gasteiger partial charge in [0.05, 0.1) is 46.4 Å². The van der Waals surface area contributed by atoms with Crippen LogP contribution in [-0.2, 0) is 0 Å². The van der Waals surface area contributed by atoms with Crippen molar-refractivity contribution in [1.82, 2.24) is 24.9 Å². The summed E-state index contributed by atoms with van der Waals surface area (Å²) in [6.45, 7) is 2.98. The van der Waals surface area contributed by atoms with Gasteiger partial charge in [-0.15, -0.1) is 5.10 Å². The van der Waals surface area contributed by atoms with Gasteiger partial charge in [0.15, 0.2) is 17.2 Å². The molecule has 1 amide bonds. The van der Waals surface area contributed by atoms with Gasteiger partial charge in [0.25, 0.3) is 0 Å². The third kappa shape index (κ3) is 4.82. The zero-order chi connectivity index (χ0) is 25.1. The molecule has 2 atom stereocenters. The van der Waals surface area contributed by atoms with Crippen LogP contribution in [0.1, 0.15) is 24.6 Å². The summed E-state index contributed by atoms with van der Waals surface area (Å²) in [6, 6.07) is 6.66. The molecule has 1 saturated heterocycles. The molecule has 5 N–H and O–H groups in total. The van der Waals surface area contributed by atoms with Crippen LogP contribution in [0.15, 0.2) is 18.3 Å². The normalized spacial score (nSPS) is 17.5. The van der Waals surface area contributed by atoms with E-state index in [4.69, 9.17) is 16.7 Å². The number of β-amino-alcohol motifs (C(OH)–C–C–N with tert-alkyl or cyclic N) is 1. The monoisotopic (exact) mass is 496 g/mol. The molecule has 1 aromatic carbocycles. The van der Waals surface area contributed by atoms with Gasteiger partial charge in [0.1, 0.15) is 6.07 Å². The van der Waals surface area contributed by atoms with Crippen molar-refractivity contribution in [2.45, 2.75) is 25.5 Å². The summed E-state index contributed by atoms with van der Waals surface area (Å²) >= 11 is 6.70. The Balaban J connectivity index is 1.69. The molecule has 0 spiro atoms. The number of rotatable bonds is 6. The molecule has 4 rings (SSSR count). The molecule has 0 radical (unpaired) electrons. The fraction of sp³-hybridized carbons (Fsp3) is 0.333. The average molecular weight is 497 g/mol. The molecule has 1 aliphatic heterocycles. The predicted molar refractivity (Wildman–Crippen MR) is 127 cm³/mol. The number of nitrogens with zero attached hydrogens (tertiary/aromatic N) is 7. The number of nitriles is 2. The molecular weight excluding hydrogens is 476 g/mol. The Hall–Kier alpha value is -4.33. The van der Waals surface area contributed by atoms with E-state index in [2.05, 4.69) is 37.1 Å². The van der Waals surface area contributed by atoms with Crippen LogP contribution >= 0.6 is 11.6 Å². The lowest BCUT2D eigenvalue weighted by atomic mass is 10.0. The number of nitrogens with one attached hydrogen (secondary N) is 3. The lowest BCUT2D eigenvalue weighted by Crippen LogP contribution is -2.54. The maximum atomic E-state index is 10.9. The Bertz CT molecular complexity index is 1360. The van der Waals surface area contributed by atoms with E-state index in [0.29, 0.717) is 47.9 Å². The first kappa shape index (κ1) is 23.8. The quantitative estimate of drug-likeness (QED) is 0.335. The van der Waals surface area contributed by atoms with Crippen molar-refractivity contribution in [2.75, 3.05) is 35.2 Å². The highest BCUT2D eigenvalue weighted by molar-refractivity contribution is 6.36. The molecule has 0 bridgehead atoms. The number of benzene rings is 1. The highest BCUT2D eigenvalue weighted by Gasteiger charge is 2.30. The van der Waals surface area contributed by atoms with E-state index in [9.17, 15) is 20.4 Å². The molecule has 1 fully saturated rings. The van der Waals surface area contributed by atoms with E-state index >= 15 is 0 Å². The minimum Gasteiger partial charge on any atom is -0.465 e. The zero-order valence-corrected chi connectivity index (χ0v) is 19.3. The highest BCUT2D eigenvalue weighted by atomic mass is 35.5. The number of imidazole rings is 1. The first-order chi connectivity index (χ1) is 16.8. The molecule has 180 valence electrons. The molecule has 0 saturated carbocycles. The Kier molecular flexibility index (Phi) is 6.73. The second-order valence-corrected chi connectivity index (χ2v) is 8.13. The van der Waals surface area contributed by atoms with Gasteiger partial charge in [-0.1, -0.05) is 11.6 Å². The predicted octanol–water partition coefficient (Wildman–Crippen LogP) is 1.90. The van der Waals surface area contributed by atoms with Gasteiger partial charge in [0.2, 0.25) is 5.95 Å². The average Bonchev–Trinajstić information content (AvgIpc) is 3.25. The minimum absolute atomic E-state index is 0.118. The van der Waals surface area contributed by atoms with Crippen LogP contribution in [0.3, 0.4) is 0 Å². The van der Waals surface area contributed by atoms with Gasteiger partial charge in [-0.3, -0.25) is 0 Å². The number of hydrogen-bond donors (Lipinski definition) is 5. The standard InChI is InChI=1S/C21H21ClN10O3/c1-2-25-18-19-26-9-12(8-24)32(19)30-20(29-18)27-14-5-11(7-23)6-15(17(14)22)31-4-3-13(16(33)10-31)28-21(34)35/h5-6,9,13,16,28,33H,2-4,10H2,1H3,(H,34,35)(H2,25,27,29,30)/t13-,16-/m1/s1. The minimum atomic E-state index is -1.20. The summed E-state index contributed by atoms with van der Waals surface area (Å²) in [4.78, 5) is 21.4. The van der Waals surface area contributed by atoms with Gasteiger partial charge < -0.3 is 31.1 Å². The second-order valence-electron chi connectivity index (χ2n) is 7.76. The van der Waals surface area contributed by atoms with Crippen molar-refractivity contribution in [3.63, 3.8) is 0 Å². The summed E-state index contributed by atoms with van der Waals surface area (Å²) in [7, 11) is 0. The SMILES string of the molecule is CCNc1nc(Nc2cc(C#N)cc(N3CC[C@@H](NC(=O)O)[C@H](O)C3)c2Cl)nn2c(C#N)cnc12. The van der Waals surface area contributed by atoms with Gasteiger partial charge in [-0.05, 0) is 25.5 Å². The van der Waals surface area contributed by atoms with E-state index < -0.39 is 18.2 Å². The molecule has 13 nitrogen and oxygen atoms in total. The Morgan fingerprint density at radius 2 is 2.14 bits per heavy atom. The molecule has 35 heavy (non-hydrogen) atoms. The number of aromatic nitrogens is 4. The molecule has 1 aliphatic rings.